The number of unbranched alkanes of at least 4 members (excludes halogenated alkanes) is 1. The van der Waals surface area contributed by atoms with Gasteiger partial charge in [0.1, 0.15) is 0 Å². The third kappa shape index (κ3) is 7.02. The van der Waals surface area contributed by atoms with Crippen molar-refractivity contribution in [2.24, 2.45) is 11.8 Å². The van der Waals surface area contributed by atoms with Crippen LogP contribution in [-0.2, 0) is 4.74 Å². The lowest BCUT2D eigenvalue weighted by atomic mass is 9.89. The summed E-state index contributed by atoms with van der Waals surface area (Å²) in [5.41, 5.74) is 2.95. The lowest BCUT2D eigenvalue weighted by Gasteiger charge is -2.28. The predicted octanol–water partition coefficient (Wildman–Crippen LogP) is 3.24. The zero-order valence-corrected chi connectivity index (χ0v) is 12.2. The molecular weight excluding hydrogens is 212 g/mol. The van der Waals surface area contributed by atoms with Gasteiger partial charge < -0.3 is 4.74 Å². The summed E-state index contributed by atoms with van der Waals surface area (Å²) in [6, 6.07) is 0.293. The molecule has 17 heavy (non-hydrogen) atoms. The van der Waals surface area contributed by atoms with Crippen LogP contribution < -0.4 is 11.3 Å². The fraction of sp³-hybridized carbons (Fsp3) is 1.00. The number of hydrogen-bond acceptors (Lipinski definition) is 3. The number of nitrogens with two attached hydrogens (primary N) is 1. The summed E-state index contributed by atoms with van der Waals surface area (Å²) in [7, 11) is 0. The molecule has 0 aliphatic rings. The molecule has 0 heterocycles. The third-order valence-corrected chi connectivity index (χ3v) is 3.58. The molecule has 0 aliphatic carbocycles. The molecule has 0 radical (unpaired) electrons. The van der Waals surface area contributed by atoms with Crippen LogP contribution in [0.1, 0.15) is 66.2 Å². The molecule has 0 bridgehead atoms. The quantitative estimate of drug-likeness (QED) is 0.433. The van der Waals surface area contributed by atoms with Crippen LogP contribution >= 0.6 is 0 Å². The number of hydrogen-bond donors (Lipinski definition) is 2. The van der Waals surface area contributed by atoms with Crippen molar-refractivity contribution < 1.29 is 4.74 Å². The molecule has 3 nitrogen and oxygen atoms in total. The molecule has 3 atom stereocenters. The van der Waals surface area contributed by atoms with Crippen LogP contribution in [0.15, 0.2) is 0 Å². The minimum Gasteiger partial charge on any atom is -0.377 e. The number of nitrogens with one attached hydrogen (secondary N) is 1. The lowest BCUT2D eigenvalue weighted by Crippen LogP contribution is -2.46. The molecule has 3 unspecified atom stereocenters. The average Bonchev–Trinajstić information content (AvgIpc) is 2.37. The largest absolute Gasteiger partial charge is 0.377 e. The van der Waals surface area contributed by atoms with Crippen LogP contribution in [0.3, 0.4) is 0 Å². The van der Waals surface area contributed by atoms with E-state index in [0.717, 1.165) is 25.4 Å². The smallest absolute Gasteiger partial charge is 0.0738 e. The Morgan fingerprint density at radius 1 is 1.12 bits per heavy atom. The van der Waals surface area contributed by atoms with Crippen molar-refractivity contribution in [1.29, 1.82) is 0 Å². The van der Waals surface area contributed by atoms with Gasteiger partial charge in [-0.15, -0.1) is 0 Å². The van der Waals surface area contributed by atoms with Crippen molar-refractivity contribution in [1.82, 2.24) is 5.43 Å². The maximum atomic E-state index is 5.75. The van der Waals surface area contributed by atoms with Crippen LogP contribution in [0.25, 0.3) is 0 Å². The molecule has 0 rings (SSSR count). The second kappa shape index (κ2) is 11.0. The number of rotatable bonds is 11. The predicted molar refractivity (Wildman–Crippen MR) is 74.7 cm³/mol. The third-order valence-electron chi connectivity index (χ3n) is 3.58. The van der Waals surface area contributed by atoms with E-state index < -0.39 is 0 Å². The second-order valence-electron chi connectivity index (χ2n) is 4.83. The standard InChI is InChI=1S/C14H32N2O/c1-5-9-10-12(6-2)11-13(16-15)14(7-3)17-8-4/h12-14,16H,5-11,15H2,1-4H3. The molecule has 0 amide bonds. The summed E-state index contributed by atoms with van der Waals surface area (Å²) in [6.45, 7) is 9.50. The molecule has 3 N–H and O–H groups in total. The van der Waals surface area contributed by atoms with Crippen LogP contribution in [0.5, 0.6) is 0 Å². The molecule has 0 saturated carbocycles. The summed E-state index contributed by atoms with van der Waals surface area (Å²) in [5, 5.41) is 0. The SMILES string of the molecule is CCCCC(CC)CC(NN)C(CC)OCC. The van der Waals surface area contributed by atoms with Crippen LogP contribution in [-0.4, -0.2) is 18.8 Å². The first-order valence-corrected chi connectivity index (χ1v) is 7.30. The summed E-state index contributed by atoms with van der Waals surface area (Å²) in [5.74, 6) is 6.45. The minimum absolute atomic E-state index is 0.251. The van der Waals surface area contributed by atoms with E-state index in [2.05, 4.69) is 26.2 Å². The maximum absolute atomic E-state index is 5.75. The van der Waals surface area contributed by atoms with Crippen LogP contribution in [0.4, 0.5) is 0 Å². The molecule has 0 fully saturated rings. The highest BCUT2D eigenvalue weighted by Gasteiger charge is 2.22. The van der Waals surface area contributed by atoms with Gasteiger partial charge in [-0.3, -0.25) is 11.3 Å². The Labute approximate surface area is 107 Å². The summed E-state index contributed by atoms with van der Waals surface area (Å²) in [4.78, 5) is 0. The topological polar surface area (TPSA) is 47.3 Å². The van der Waals surface area contributed by atoms with E-state index in [4.69, 9.17) is 10.6 Å². The summed E-state index contributed by atoms with van der Waals surface area (Å²) in [6.07, 6.45) is 7.55. The molecule has 0 aromatic carbocycles. The van der Waals surface area contributed by atoms with Crippen molar-refractivity contribution in [3.05, 3.63) is 0 Å². The van der Waals surface area contributed by atoms with Gasteiger partial charge in [-0.25, -0.2) is 0 Å². The van der Waals surface area contributed by atoms with E-state index in [-0.39, 0.29) is 6.10 Å². The molecule has 0 aliphatic heterocycles. The first-order chi connectivity index (χ1) is 8.23. The average molecular weight is 244 g/mol. The Bertz CT molecular complexity index is 164. The van der Waals surface area contributed by atoms with Gasteiger partial charge in [0.15, 0.2) is 0 Å². The second-order valence-corrected chi connectivity index (χ2v) is 4.83. The Morgan fingerprint density at radius 3 is 2.24 bits per heavy atom. The van der Waals surface area contributed by atoms with E-state index in [9.17, 15) is 0 Å². The van der Waals surface area contributed by atoms with Crippen molar-refractivity contribution in [3.63, 3.8) is 0 Å². The number of ether oxygens (including phenoxy) is 1. The summed E-state index contributed by atoms with van der Waals surface area (Å²) >= 11 is 0. The first kappa shape index (κ1) is 16.9. The van der Waals surface area contributed by atoms with Gasteiger partial charge in [0.25, 0.3) is 0 Å². The first-order valence-electron chi connectivity index (χ1n) is 7.30. The Hall–Kier alpha value is -0.120. The highest BCUT2D eigenvalue weighted by molar-refractivity contribution is 4.77. The molecule has 0 aromatic rings. The molecule has 0 aromatic heterocycles. The van der Waals surface area contributed by atoms with Crippen LogP contribution in [0.2, 0.25) is 0 Å². The molecule has 104 valence electrons. The van der Waals surface area contributed by atoms with E-state index in [1.807, 2.05) is 6.92 Å². The number of hydrazine groups is 1. The summed E-state index contributed by atoms with van der Waals surface area (Å²) < 4.78 is 5.75. The molecule has 0 saturated heterocycles. The van der Waals surface area contributed by atoms with Gasteiger partial charge in [-0.05, 0) is 25.7 Å². The maximum Gasteiger partial charge on any atom is 0.0738 e. The van der Waals surface area contributed by atoms with E-state index in [1.54, 1.807) is 0 Å². The van der Waals surface area contributed by atoms with Crippen molar-refractivity contribution in [3.8, 4) is 0 Å². The Balaban J connectivity index is 4.22. The normalized spacial score (nSPS) is 16.8. The van der Waals surface area contributed by atoms with Gasteiger partial charge in [-0.2, -0.15) is 0 Å². The van der Waals surface area contributed by atoms with Gasteiger partial charge >= 0.3 is 0 Å². The van der Waals surface area contributed by atoms with E-state index >= 15 is 0 Å². The lowest BCUT2D eigenvalue weighted by molar-refractivity contribution is 0.0245. The van der Waals surface area contributed by atoms with Gasteiger partial charge in [-0.1, -0.05) is 46.5 Å². The highest BCUT2D eigenvalue weighted by Crippen LogP contribution is 2.21. The van der Waals surface area contributed by atoms with Gasteiger partial charge in [0.2, 0.25) is 0 Å². The molecule has 0 spiro atoms. The Morgan fingerprint density at radius 2 is 1.82 bits per heavy atom. The molecular formula is C14H32N2O. The fourth-order valence-corrected chi connectivity index (χ4v) is 2.40. The fourth-order valence-electron chi connectivity index (χ4n) is 2.40. The van der Waals surface area contributed by atoms with Crippen molar-refractivity contribution in [2.75, 3.05) is 6.61 Å². The van der Waals surface area contributed by atoms with Gasteiger partial charge in [0.05, 0.1) is 6.10 Å². The monoisotopic (exact) mass is 244 g/mol. The van der Waals surface area contributed by atoms with E-state index in [0.29, 0.717) is 6.04 Å². The minimum atomic E-state index is 0.251. The zero-order valence-electron chi connectivity index (χ0n) is 12.2. The molecule has 3 heteroatoms. The van der Waals surface area contributed by atoms with Gasteiger partial charge in [0, 0.05) is 12.6 Å². The highest BCUT2D eigenvalue weighted by atomic mass is 16.5. The van der Waals surface area contributed by atoms with Crippen molar-refractivity contribution in [2.45, 2.75) is 78.4 Å². The Kier molecular flexibility index (Phi) is 10.9. The van der Waals surface area contributed by atoms with Crippen LogP contribution in [0, 0.1) is 5.92 Å². The van der Waals surface area contributed by atoms with E-state index in [1.165, 1.54) is 25.7 Å². The zero-order chi connectivity index (χ0) is 13.1. The van der Waals surface area contributed by atoms with Crippen molar-refractivity contribution >= 4 is 0 Å².